The number of benzene rings is 1. The van der Waals surface area contributed by atoms with Crippen LogP contribution >= 0.6 is 0 Å². The molecule has 2 rings (SSSR count). The molecule has 2 amide bonds. The van der Waals surface area contributed by atoms with E-state index >= 15 is 0 Å². The summed E-state index contributed by atoms with van der Waals surface area (Å²) in [7, 11) is 0. The van der Waals surface area contributed by atoms with Crippen molar-refractivity contribution in [3.05, 3.63) is 29.8 Å². The summed E-state index contributed by atoms with van der Waals surface area (Å²) in [5.41, 5.74) is 0.273. The van der Waals surface area contributed by atoms with Gasteiger partial charge in [0.15, 0.2) is 0 Å². The van der Waals surface area contributed by atoms with E-state index in [0.717, 1.165) is 25.7 Å². The second-order valence-corrected chi connectivity index (χ2v) is 8.16. The SMILES string of the molecule is CC(C)(C)NC(=O)CNC1CCC(CNC(=O)c2cccc(O)c2)CC1. The molecule has 6 nitrogen and oxygen atoms in total. The normalized spacial score (nSPS) is 20.4. The maximum atomic E-state index is 12.1. The molecule has 6 heteroatoms. The minimum atomic E-state index is -0.204. The van der Waals surface area contributed by atoms with E-state index in [9.17, 15) is 14.7 Å². The zero-order valence-electron chi connectivity index (χ0n) is 16.0. The predicted molar refractivity (Wildman–Crippen MR) is 102 cm³/mol. The third kappa shape index (κ3) is 7.04. The van der Waals surface area contributed by atoms with Crippen LogP contribution in [0.1, 0.15) is 56.8 Å². The molecular formula is C20H31N3O3. The number of aromatic hydroxyl groups is 1. The van der Waals surface area contributed by atoms with Crippen LogP contribution in [0.2, 0.25) is 0 Å². The Morgan fingerprint density at radius 2 is 1.85 bits per heavy atom. The molecule has 144 valence electrons. The zero-order valence-corrected chi connectivity index (χ0v) is 16.0. The van der Waals surface area contributed by atoms with Crippen molar-refractivity contribution in [3.8, 4) is 5.75 Å². The first-order valence-corrected chi connectivity index (χ1v) is 9.34. The summed E-state index contributed by atoms with van der Waals surface area (Å²) in [6, 6.07) is 6.74. The van der Waals surface area contributed by atoms with Gasteiger partial charge in [-0.1, -0.05) is 6.07 Å². The van der Waals surface area contributed by atoms with Crippen LogP contribution in [0.4, 0.5) is 0 Å². The van der Waals surface area contributed by atoms with Gasteiger partial charge in [0.05, 0.1) is 6.54 Å². The predicted octanol–water partition coefficient (Wildman–Crippen LogP) is 2.19. The van der Waals surface area contributed by atoms with Crippen LogP contribution in [0.5, 0.6) is 5.75 Å². The average Bonchev–Trinajstić information content (AvgIpc) is 2.57. The number of phenolic OH excluding ortho intramolecular Hbond substituents is 1. The average molecular weight is 361 g/mol. The highest BCUT2D eigenvalue weighted by atomic mass is 16.3. The molecule has 1 fully saturated rings. The molecule has 1 aromatic rings. The second kappa shape index (κ2) is 9.03. The highest BCUT2D eigenvalue weighted by Crippen LogP contribution is 2.23. The highest BCUT2D eigenvalue weighted by molar-refractivity contribution is 5.94. The third-order valence-electron chi connectivity index (χ3n) is 4.57. The van der Waals surface area contributed by atoms with Crippen molar-refractivity contribution in [2.45, 2.75) is 58.0 Å². The summed E-state index contributed by atoms with van der Waals surface area (Å²) >= 11 is 0. The first-order chi connectivity index (χ1) is 12.2. The first-order valence-electron chi connectivity index (χ1n) is 9.34. The molecule has 0 bridgehead atoms. The fraction of sp³-hybridized carbons (Fsp3) is 0.600. The van der Waals surface area contributed by atoms with Crippen LogP contribution in [0.3, 0.4) is 0 Å². The van der Waals surface area contributed by atoms with Gasteiger partial charge >= 0.3 is 0 Å². The Bertz CT molecular complexity index is 617. The van der Waals surface area contributed by atoms with Crippen molar-refractivity contribution in [1.29, 1.82) is 0 Å². The summed E-state index contributed by atoms with van der Waals surface area (Å²) in [6.45, 7) is 6.91. The molecule has 0 aliphatic heterocycles. The Balaban J connectivity index is 1.65. The van der Waals surface area contributed by atoms with Gasteiger partial charge in [0, 0.05) is 23.7 Å². The van der Waals surface area contributed by atoms with E-state index in [1.165, 1.54) is 6.07 Å². The molecule has 0 heterocycles. The summed E-state index contributed by atoms with van der Waals surface area (Å²) in [5, 5.41) is 18.7. The molecule has 1 saturated carbocycles. The maximum absolute atomic E-state index is 12.1. The zero-order chi connectivity index (χ0) is 19.2. The lowest BCUT2D eigenvalue weighted by Gasteiger charge is -2.29. The van der Waals surface area contributed by atoms with E-state index < -0.39 is 0 Å². The molecular weight excluding hydrogens is 330 g/mol. The minimum absolute atomic E-state index is 0.0259. The molecule has 0 spiro atoms. The van der Waals surface area contributed by atoms with Crippen LogP contribution in [-0.4, -0.2) is 41.6 Å². The van der Waals surface area contributed by atoms with Gasteiger partial charge in [-0.3, -0.25) is 9.59 Å². The Labute approximate surface area is 155 Å². The largest absolute Gasteiger partial charge is 0.508 e. The van der Waals surface area contributed by atoms with Crippen LogP contribution in [0, 0.1) is 5.92 Å². The van der Waals surface area contributed by atoms with E-state index in [1.54, 1.807) is 18.2 Å². The van der Waals surface area contributed by atoms with Gasteiger partial charge in [-0.2, -0.15) is 0 Å². The lowest BCUT2D eigenvalue weighted by molar-refractivity contribution is -0.121. The second-order valence-electron chi connectivity index (χ2n) is 8.16. The van der Waals surface area contributed by atoms with Crippen molar-refractivity contribution < 1.29 is 14.7 Å². The standard InChI is InChI=1S/C20H31N3O3/c1-20(2,3)23-18(25)13-21-16-9-7-14(8-10-16)12-22-19(26)15-5-4-6-17(24)11-15/h4-6,11,14,16,21,24H,7-10,12-13H2,1-3H3,(H,22,26)(H,23,25). The number of amides is 2. The number of hydrogen-bond donors (Lipinski definition) is 4. The van der Waals surface area contributed by atoms with Crippen LogP contribution in [-0.2, 0) is 4.79 Å². The molecule has 1 aromatic carbocycles. The van der Waals surface area contributed by atoms with E-state index in [0.29, 0.717) is 30.6 Å². The number of nitrogens with one attached hydrogen (secondary N) is 3. The number of phenols is 1. The molecule has 0 unspecified atom stereocenters. The molecule has 1 aliphatic carbocycles. The van der Waals surface area contributed by atoms with Gasteiger partial charge in [0.25, 0.3) is 5.91 Å². The Morgan fingerprint density at radius 3 is 2.46 bits per heavy atom. The fourth-order valence-corrected chi connectivity index (χ4v) is 3.26. The molecule has 0 saturated heterocycles. The summed E-state index contributed by atoms with van der Waals surface area (Å²) < 4.78 is 0. The number of carbonyl (C=O) groups is 2. The van der Waals surface area contributed by atoms with E-state index in [-0.39, 0.29) is 23.1 Å². The Hall–Kier alpha value is -2.08. The molecule has 0 radical (unpaired) electrons. The molecule has 0 aromatic heterocycles. The molecule has 1 aliphatic rings. The fourth-order valence-electron chi connectivity index (χ4n) is 3.26. The Morgan fingerprint density at radius 1 is 1.15 bits per heavy atom. The maximum Gasteiger partial charge on any atom is 0.251 e. The van der Waals surface area contributed by atoms with Crippen molar-refractivity contribution in [3.63, 3.8) is 0 Å². The van der Waals surface area contributed by atoms with Gasteiger partial charge < -0.3 is 21.1 Å². The smallest absolute Gasteiger partial charge is 0.251 e. The van der Waals surface area contributed by atoms with Crippen molar-refractivity contribution >= 4 is 11.8 Å². The highest BCUT2D eigenvalue weighted by Gasteiger charge is 2.22. The molecule has 0 atom stereocenters. The summed E-state index contributed by atoms with van der Waals surface area (Å²) in [4.78, 5) is 24.0. The first kappa shape index (κ1) is 20.2. The lowest BCUT2D eigenvalue weighted by atomic mass is 9.86. The van der Waals surface area contributed by atoms with Crippen molar-refractivity contribution in [2.75, 3.05) is 13.1 Å². The van der Waals surface area contributed by atoms with Gasteiger partial charge in [0.2, 0.25) is 5.91 Å². The minimum Gasteiger partial charge on any atom is -0.508 e. The van der Waals surface area contributed by atoms with Crippen LogP contribution in [0.15, 0.2) is 24.3 Å². The quantitative estimate of drug-likeness (QED) is 0.625. The lowest BCUT2D eigenvalue weighted by Crippen LogP contribution is -2.47. The molecule has 4 N–H and O–H groups in total. The summed E-state index contributed by atoms with van der Waals surface area (Å²) in [5.74, 6) is 0.426. The van der Waals surface area contributed by atoms with E-state index in [2.05, 4.69) is 16.0 Å². The van der Waals surface area contributed by atoms with Gasteiger partial charge in [-0.25, -0.2) is 0 Å². The van der Waals surface area contributed by atoms with Gasteiger partial charge in [-0.15, -0.1) is 0 Å². The van der Waals surface area contributed by atoms with Crippen molar-refractivity contribution in [2.24, 2.45) is 5.92 Å². The number of rotatable bonds is 6. The van der Waals surface area contributed by atoms with Crippen molar-refractivity contribution in [1.82, 2.24) is 16.0 Å². The third-order valence-corrected chi connectivity index (χ3v) is 4.57. The van der Waals surface area contributed by atoms with Crippen LogP contribution in [0.25, 0.3) is 0 Å². The van der Waals surface area contributed by atoms with Crippen LogP contribution < -0.4 is 16.0 Å². The Kier molecular flexibility index (Phi) is 7.03. The number of hydrogen-bond acceptors (Lipinski definition) is 4. The summed E-state index contributed by atoms with van der Waals surface area (Å²) in [6.07, 6.45) is 4.07. The molecule has 26 heavy (non-hydrogen) atoms. The van der Waals surface area contributed by atoms with Gasteiger partial charge in [0.1, 0.15) is 5.75 Å². The topological polar surface area (TPSA) is 90.5 Å². The number of carbonyl (C=O) groups excluding carboxylic acids is 2. The van der Waals surface area contributed by atoms with E-state index in [4.69, 9.17) is 0 Å². The monoisotopic (exact) mass is 361 g/mol. The van der Waals surface area contributed by atoms with E-state index in [1.807, 2.05) is 20.8 Å². The van der Waals surface area contributed by atoms with Gasteiger partial charge in [-0.05, 0) is 70.6 Å².